The van der Waals surface area contributed by atoms with Crippen molar-refractivity contribution in [1.29, 1.82) is 0 Å². The predicted molar refractivity (Wildman–Crippen MR) is 118 cm³/mol. The summed E-state index contributed by atoms with van der Waals surface area (Å²) in [5.41, 5.74) is 2.49. The second kappa shape index (κ2) is 9.91. The van der Waals surface area contributed by atoms with Crippen molar-refractivity contribution in [3.8, 4) is 0 Å². The van der Waals surface area contributed by atoms with Crippen molar-refractivity contribution >= 4 is 29.1 Å². The summed E-state index contributed by atoms with van der Waals surface area (Å²) in [7, 11) is 0. The van der Waals surface area contributed by atoms with Crippen molar-refractivity contribution in [3.63, 3.8) is 0 Å². The molecule has 1 saturated heterocycles. The lowest BCUT2D eigenvalue weighted by Gasteiger charge is -2.16. The van der Waals surface area contributed by atoms with Crippen LogP contribution in [-0.4, -0.2) is 48.3 Å². The van der Waals surface area contributed by atoms with E-state index >= 15 is 0 Å². The molecular weight excluding hydrogens is 380 g/mol. The molecule has 1 fully saturated rings. The van der Waals surface area contributed by atoms with Crippen LogP contribution in [0, 0.1) is 0 Å². The molecule has 30 heavy (non-hydrogen) atoms. The number of hydrogen-bond donors (Lipinski definition) is 3. The molecule has 3 rings (SSSR count). The van der Waals surface area contributed by atoms with Gasteiger partial charge in [-0.25, -0.2) is 0 Å². The molecule has 0 saturated carbocycles. The summed E-state index contributed by atoms with van der Waals surface area (Å²) in [5.74, 6) is -0.333. The standard InChI is InChI=1S/C23H28N4O3/c1-16(2)25-22(29)17-8-10-19(11-9-17)26-21(28)15-24-20-7-5-6-18(14-20)23(30)27-12-3-4-13-27/h5-11,14,16,24H,3-4,12-13,15H2,1-2H3,(H,25,29)(H,26,28). The van der Waals surface area contributed by atoms with E-state index in [1.807, 2.05) is 30.9 Å². The Balaban J connectivity index is 1.51. The molecule has 158 valence electrons. The summed E-state index contributed by atoms with van der Waals surface area (Å²) in [4.78, 5) is 38.6. The van der Waals surface area contributed by atoms with Crippen molar-refractivity contribution in [2.24, 2.45) is 0 Å². The van der Waals surface area contributed by atoms with E-state index in [1.165, 1.54) is 0 Å². The number of benzene rings is 2. The lowest BCUT2D eigenvalue weighted by molar-refractivity contribution is -0.114. The minimum Gasteiger partial charge on any atom is -0.376 e. The van der Waals surface area contributed by atoms with Gasteiger partial charge in [-0.05, 0) is 69.2 Å². The normalized spacial score (nSPS) is 13.2. The Morgan fingerprint density at radius 3 is 2.30 bits per heavy atom. The van der Waals surface area contributed by atoms with Gasteiger partial charge in [0.15, 0.2) is 0 Å². The first-order chi connectivity index (χ1) is 14.4. The smallest absolute Gasteiger partial charge is 0.253 e. The number of carbonyl (C=O) groups excluding carboxylic acids is 3. The van der Waals surface area contributed by atoms with Gasteiger partial charge in [0, 0.05) is 41.6 Å². The zero-order valence-corrected chi connectivity index (χ0v) is 17.4. The molecule has 0 spiro atoms. The van der Waals surface area contributed by atoms with Gasteiger partial charge in [0.2, 0.25) is 5.91 Å². The van der Waals surface area contributed by atoms with E-state index in [-0.39, 0.29) is 30.3 Å². The Labute approximate surface area is 176 Å². The average molecular weight is 409 g/mol. The maximum Gasteiger partial charge on any atom is 0.253 e. The molecule has 3 N–H and O–H groups in total. The summed E-state index contributed by atoms with van der Waals surface area (Å²) in [6.07, 6.45) is 2.10. The maximum atomic E-state index is 12.5. The highest BCUT2D eigenvalue weighted by Crippen LogP contribution is 2.16. The van der Waals surface area contributed by atoms with Crippen molar-refractivity contribution in [1.82, 2.24) is 10.2 Å². The van der Waals surface area contributed by atoms with Crippen LogP contribution in [0.3, 0.4) is 0 Å². The van der Waals surface area contributed by atoms with Gasteiger partial charge in [-0.1, -0.05) is 6.07 Å². The summed E-state index contributed by atoms with van der Waals surface area (Å²) < 4.78 is 0. The highest BCUT2D eigenvalue weighted by atomic mass is 16.2. The zero-order valence-electron chi connectivity index (χ0n) is 17.4. The van der Waals surface area contributed by atoms with Gasteiger partial charge in [-0.2, -0.15) is 0 Å². The summed E-state index contributed by atoms with van der Waals surface area (Å²) in [5, 5.41) is 8.67. The number of hydrogen-bond acceptors (Lipinski definition) is 4. The molecule has 7 nitrogen and oxygen atoms in total. The minimum atomic E-state index is -0.217. The molecule has 1 heterocycles. The van der Waals surface area contributed by atoms with Gasteiger partial charge in [0.25, 0.3) is 11.8 Å². The Morgan fingerprint density at radius 2 is 1.63 bits per heavy atom. The highest BCUT2D eigenvalue weighted by Gasteiger charge is 2.19. The van der Waals surface area contributed by atoms with Gasteiger partial charge in [0.05, 0.1) is 6.54 Å². The number of anilines is 2. The molecular formula is C23H28N4O3. The largest absolute Gasteiger partial charge is 0.376 e. The monoisotopic (exact) mass is 408 g/mol. The van der Waals surface area contributed by atoms with E-state index in [4.69, 9.17) is 0 Å². The zero-order chi connectivity index (χ0) is 21.5. The van der Waals surface area contributed by atoms with Crippen LogP contribution in [0.1, 0.15) is 47.4 Å². The first-order valence-electron chi connectivity index (χ1n) is 10.3. The quantitative estimate of drug-likeness (QED) is 0.657. The van der Waals surface area contributed by atoms with Crippen molar-refractivity contribution in [2.45, 2.75) is 32.7 Å². The first kappa shape index (κ1) is 21.4. The molecule has 0 aromatic heterocycles. The van der Waals surface area contributed by atoms with E-state index in [0.29, 0.717) is 16.8 Å². The van der Waals surface area contributed by atoms with E-state index < -0.39 is 0 Å². The number of nitrogens with zero attached hydrogens (tertiary/aromatic N) is 1. The molecule has 0 atom stereocenters. The lowest BCUT2D eigenvalue weighted by atomic mass is 10.1. The van der Waals surface area contributed by atoms with Crippen LogP contribution in [0.5, 0.6) is 0 Å². The van der Waals surface area contributed by atoms with Crippen LogP contribution in [0.15, 0.2) is 48.5 Å². The fourth-order valence-corrected chi connectivity index (χ4v) is 3.30. The van der Waals surface area contributed by atoms with Crippen LogP contribution in [0.2, 0.25) is 0 Å². The van der Waals surface area contributed by atoms with Crippen LogP contribution >= 0.6 is 0 Å². The van der Waals surface area contributed by atoms with E-state index in [0.717, 1.165) is 31.6 Å². The Bertz CT molecular complexity index is 903. The average Bonchev–Trinajstić information content (AvgIpc) is 3.27. The van der Waals surface area contributed by atoms with Crippen molar-refractivity contribution in [3.05, 3.63) is 59.7 Å². The third kappa shape index (κ3) is 5.83. The van der Waals surface area contributed by atoms with Gasteiger partial charge >= 0.3 is 0 Å². The first-order valence-corrected chi connectivity index (χ1v) is 10.3. The summed E-state index contributed by atoms with van der Waals surface area (Å²) in [6.45, 7) is 5.47. The molecule has 0 bridgehead atoms. The predicted octanol–water partition coefficient (Wildman–Crippen LogP) is 3.11. The Hall–Kier alpha value is -3.35. The number of carbonyl (C=O) groups is 3. The van der Waals surface area contributed by atoms with E-state index in [9.17, 15) is 14.4 Å². The molecule has 0 unspecified atom stereocenters. The third-order valence-electron chi connectivity index (χ3n) is 4.81. The third-order valence-corrected chi connectivity index (χ3v) is 4.81. The Morgan fingerprint density at radius 1 is 0.933 bits per heavy atom. The molecule has 0 aliphatic carbocycles. The van der Waals surface area contributed by atoms with Crippen LogP contribution in [0.4, 0.5) is 11.4 Å². The second-order valence-electron chi connectivity index (χ2n) is 7.69. The van der Waals surface area contributed by atoms with E-state index in [2.05, 4.69) is 16.0 Å². The summed E-state index contributed by atoms with van der Waals surface area (Å²) in [6, 6.07) is 14.0. The Kier molecular flexibility index (Phi) is 7.06. The SMILES string of the molecule is CC(C)NC(=O)c1ccc(NC(=O)CNc2cccc(C(=O)N3CCCC3)c2)cc1. The van der Waals surface area contributed by atoms with Crippen LogP contribution in [0.25, 0.3) is 0 Å². The topological polar surface area (TPSA) is 90.5 Å². The molecule has 0 radical (unpaired) electrons. The van der Waals surface area contributed by atoms with Crippen LogP contribution < -0.4 is 16.0 Å². The fraction of sp³-hybridized carbons (Fsp3) is 0.348. The number of likely N-dealkylation sites (tertiary alicyclic amines) is 1. The molecule has 1 aliphatic rings. The fourth-order valence-electron chi connectivity index (χ4n) is 3.30. The van der Waals surface area contributed by atoms with Gasteiger partial charge < -0.3 is 20.9 Å². The molecule has 3 amide bonds. The van der Waals surface area contributed by atoms with E-state index in [1.54, 1.807) is 36.4 Å². The number of amides is 3. The minimum absolute atomic E-state index is 0.0298. The highest BCUT2D eigenvalue weighted by molar-refractivity contribution is 5.97. The molecule has 2 aromatic rings. The van der Waals surface area contributed by atoms with Gasteiger partial charge in [0.1, 0.15) is 0 Å². The number of rotatable bonds is 7. The van der Waals surface area contributed by atoms with Crippen molar-refractivity contribution < 1.29 is 14.4 Å². The molecule has 1 aliphatic heterocycles. The second-order valence-corrected chi connectivity index (χ2v) is 7.69. The van der Waals surface area contributed by atoms with Crippen LogP contribution in [-0.2, 0) is 4.79 Å². The van der Waals surface area contributed by atoms with Crippen molar-refractivity contribution in [2.75, 3.05) is 30.3 Å². The number of nitrogens with one attached hydrogen (secondary N) is 3. The lowest BCUT2D eigenvalue weighted by Crippen LogP contribution is -2.30. The van der Waals surface area contributed by atoms with Gasteiger partial charge in [-0.3, -0.25) is 14.4 Å². The molecule has 2 aromatic carbocycles. The molecule has 7 heteroatoms. The van der Waals surface area contributed by atoms with Gasteiger partial charge in [-0.15, -0.1) is 0 Å². The maximum absolute atomic E-state index is 12.5. The summed E-state index contributed by atoms with van der Waals surface area (Å²) >= 11 is 0.